The van der Waals surface area contributed by atoms with Crippen LogP contribution in [0, 0.1) is 6.92 Å². The van der Waals surface area contributed by atoms with Crippen molar-refractivity contribution in [2.24, 2.45) is 4.99 Å². The van der Waals surface area contributed by atoms with Gasteiger partial charge in [-0.25, -0.2) is 0 Å². The normalized spacial score (nSPS) is 18.5. The minimum absolute atomic E-state index is 0. The maximum absolute atomic E-state index is 4.32. The number of halogens is 1. The average molecular weight is 458 g/mol. The number of hydrogen-bond donors (Lipinski definition) is 2. The summed E-state index contributed by atoms with van der Waals surface area (Å²) in [4.78, 5) is 6.96. The van der Waals surface area contributed by atoms with E-state index in [1.54, 1.807) is 0 Å². The number of unbranched alkanes of at least 4 members (excludes halogenated alkanes) is 1. The number of hydrogen-bond acceptors (Lipinski definition) is 2. The molecule has 1 fully saturated rings. The average Bonchev–Trinajstić information content (AvgIpc) is 2.60. The summed E-state index contributed by atoms with van der Waals surface area (Å²) in [5.41, 5.74) is 2.63. The molecule has 0 aliphatic carbocycles. The fraction of sp³-hybridized carbons (Fsp3) is 0.650. The van der Waals surface area contributed by atoms with Crippen LogP contribution >= 0.6 is 24.0 Å². The standard InChI is InChI=1S/C20H34N4.HI/c1-17-10-4-5-12-19(17)16-23-20(21-3)22-13-7-9-15-24-14-8-6-11-18(24)2;/h4-5,10,12,18H,6-9,11,13-16H2,1-3H3,(H2,21,22,23);1H. The zero-order valence-corrected chi connectivity index (χ0v) is 18.4. The second kappa shape index (κ2) is 12.5. The van der Waals surface area contributed by atoms with Gasteiger partial charge in [-0.2, -0.15) is 0 Å². The molecule has 0 amide bonds. The molecule has 1 aliphatic heterocycles. The number of benzene rings is 1. The molecule has 0 spiro atoms. The molecular formula is C20H35IN4. The number of guanidine groups is 1. The molecule has 1 aromatic rings. The molecular weight excluding hydrogens is 423 g/mol. The van der Waals surface area contributed by atoms with Crippen molar-refractivity contribution in [3.05, 3.63) is 35.4 Å². The first-order valence-corrected chi connectivity index (χ1v) is 9.44. The zero-order valence-electron chi connectivity index (χ0n) is 16.1. The Bertz CT molecular complexity index is 518. The predicted octanol–water partition coefficient (Wildman–Crippen LogP) is 3.93. The number of nitrogens with zero attached hydrogens (tertiary/aromatic N) is 2. The molecule has 0 saturated carbocycles. The maximum atomic E-state index is 4.32. The zero-order chi connectivity index (χ0) is 17.2. The second-order valence-electron chi connectivity index (χ2n) is 6.87. The van der Waals surface area contributed by atoms with Crippen LogP contribution in [0.3, 0.4) is 0 Å². The third-order valence-corrected chi connectivity index (χ3v) is 5.04. The van der Waals surface area contributed by atoms with Gasteiger partial charge in [0.1, 0.15) is 0 Å². The van der Waals surface area contributed by atoms with E-state index in [1.807, 2.05) is 7.05 Å². The van der Waals surface area contributed by atoms with Gasteiger partial charge in [0.05, 0.1) is 0 Å². The molecule has 142 valence electrons. The van der Waals surface area contributed by atoms with Gasteiger partial charge in [0.2, 0.25) is 0 Å². The van der Waals surface area contributed by atoms with E-state index in [-0.39, 0.29) is 24.0 Å². The van der Waals surface area contributed by atoms with Gasteiger partial charge in [-0.1, -0.05) is 30.7 Å². The highest BCUT2D eigenvalue weighted by Gasteiger charge is 2.16. The highest BCUT2D eigenvalue weighted by Crippen LogP contribution is 2.16. The third kappa shape index (κ3) is 7.94. The lowest BCUT2D eigenvalue weighted by molar-refractivity contribution is 0.158. The summed E-state index contributed by atoms with van der Waals surface area (Å²) in [5, 5.41) is 6.83. The molecule has 5 heteroatoms. The summed E-state index contributed by atoms with van der Waals surface area (Å²) in [7, 11) is 1.84. The van der Waals surface area contributed by atoms with Gasteiger partial charge < -0.3 is 15.5 Å². The topological polar surface area (TPSA) is 39.7 Å². The number of likely N-dealkylation sites (tertiary alicyclic amines) is 1. The molecule has 1 saturated heterocycles. The Morgan fingerprint density at radius 2 is 2.00 bits per heavy atom. The molecule has 1 unspecified atom stereocenters. The van der Waals surface area contributed by atoms with Crippen molar-refractivity contribution in [2.75, 3.05) is 26.7 Å². The fourth-order valence-electron chi connectivity index (χ4n) is 3.34. The van der Waals surface area contributed by atoms with E-state index in [0.717, 1.165) is 25.1 Å². The lowest BCUT2D eigenvalue weighted by atomic mass is 10.0. The van der Waals surface area contributed by atoms with Crippen molar-refractivity contribution in [1.29, 1.82) is 0 Å². The smallest absolute Gasteiger partial charge is 0.191 e. The van der Waals surface area contributed by atoms with Gasteiger partial charge in [-0.15, -0.1) is 24.0 Å². The van der Waals surface area contributed by atoms with Crippen molar-refractivity contribution in [2.45, 2.75) is 58.5 Å². The Labute approximate surface area is 170 Å². The van der Waals surface area contributed by atoms with Crippen LogP contribution in [-0.4, -0.2) is 43.6 Å². The summed E-state index contributed by atoms with van der Waals surface area (Å²) >= 11 is 0. The van der Waals surface area contributed by atoms with Crippen LogP contribution in [0.25, 0.3) is 0 Å². The first kappa shape index (κ1) is 22.2. The van der Waals surface area contributed by atoms with Gasteiger partial charge in [-0.05, 0) is 63.7 Å². The van der Waals surface area contributed by atoms with Gasteiger partial charge in [-0.3, -0.25) is 4.99 Å². The van der Waals surface area contributed by atoms with E-state index >= 15 is 0 Å². The van der Waals surface area contributed by atoms with E-state index in [1.165, 1.54) is 56.3 Å². The minimum atomic E-state index is 0. The van der Waals surface area contributed by atoms with E-state index in [2.05, 4.69) is 58.6 Å². The third-order valence-electron chi connectivity index (χ3n) is 5.04. The lowest BCUT2D eigenvalue weighted by Gasteiger charge is -2.33. The number of piperidine rings is 1. The molecule has 1 aromatic carbocycles. The Morgan fingerprint density at radius 1 is 1.20 bits per heavy atom. The van der Waals surface area contributed by atoms with Crippen LogP contribution in [0.15, 0.2) is 29.3 Å². The van der Waals surface area contributed by atoms with Crippen LogP contribution in [0.4, 0.5) is 0 Å². The highest BCUT2D eigenvalue weighted by molar-refractivity contribution is 14.0. The van der Waals surface area contributed by atoms with Crippen molar-refractivity contribution in [1.82, 2.24) is 15.5 Å². The van der Waals surface area contributed by atoms with Crippen molar-refractivity contribution in [3.63, 3.8) is 0 Å². The summed E-state index contributed by atoms with van der Waals surface area (Å²) in [6.45, 7) is 8.84. The predicted molar refractivity (Wildman–Crippen MR) is 119 cm³/mol. The molecule has 1 heterocycles. The SMILES string of the molecule is CN=C(NCCCCN1CCCCC1C)NCc1ccccc1C.I. The van der Waals surface area contributed by atoms with E-state index in [4.69, 9.17) is 0 Å². The summed E-state index contributed by atoms with van der Waals surface area (Å²) in [5.74, 6) is 0.893. The van der Waals surface area contributed by atoms with E-state index in [9.17, 15) is 0 Å². The van der Waals surface area contributed by atoms with Gasteiger partial charge >= 0.3 is 0 Å². The first-order valence-electron chi connectivity index (χ1n) is 9.44. The Balaban J connectivity index is 0.00000312. The highest BCUT2D eigenvalue weighted by atomic mass is 127. The Morgan fingerprint density at radius 3 is 2.72 bits per heavy atom. The minimum Gasteiger partial charge on any atom is -0.356 e. The van der Waals surface area contributed by atoms with Gasteiger partial charge in [0, 0.05) is 26.2 Å². The van der Waals surface area contributed by atoms with E-state index < -0.39 is 0 Å². The molecule has 0 radical (unpaired) electrons. The Hall–Kier alpha value is -0.820. The molecule has 1 atom stereocenters. The van der Waals surface area contributed by atoms with Crippen molar-refractivity contribution >= 4 is 29.9 Å². The molecule has 0 aromatic heterocycles. The van der Waals surface area contributed by atoms with E-state index in [0.29, 0.717) is 0 Å². The van der Waals surface area contributed by atoms with Crippen molar-refractivity contribution in [3.8, 4) is 0 Å². The number of rotatable bonds is 7. The summed E-state index contributed by atoms with van der Waals surface area (Å²) < 4.78 is 0. The molecule has 0 bridgehead atoms. The summed E-state index contributed by atoms with van der Waals surface area (Å²) in [6, 6.07) is 9.25. The molecule has 2 rings (SSSR count). The maximum Gasteiger partial charge on any atom is 0.191 e. The quantitative estimate of drug-likeness (QED) is 0.282. The Kier molecular flexibility index (Phi) is 11.1. The molecule has 2 N–H and O–H groups in total. The molecule has 25 heavy (non-hydrogen) atoms. The van der Waals surface area contributed by atoms with Gasteiger partial charge in [0.25, 0.3) is 0 Å². The second-order valence-corrected chi connectivity index (χ2v) is 6.87. The monoisotopic (exact) mass is 458 g/mol. The molecule has 1 aliphatic rings. The number of nitrogens with one attached hydrogen (secondary N) is 2. The van der Waals surface area contributed by atoms with Crippen LogP contribution in [0.5, 0.6) is 0 Å². The fourth-order valence-corrected chi connectivity index (χ4v) is 3.34. The largest absolute Gasteiger partial charge is 0.356 e. The van der Waals surface area contributed by atoms with Crippen LogP contribution < -0.4 is 10.6 Å². The van der Waals surface area contributed by atoms with Crippen LogP contribution in [-0.2, 0) is 6.54 Å². The van der Waals surface area contributed by atoms with Crippen LogP contribution in [0.1, 0.15) is 50.2 Å². The summed E-state index contributed by atoms with van der Waals surface area (Å²) in [6.07, 6.45) is 6.59. The number of aryl methyl sites for hydroxylation is 1. The van der Waals surface area contributed by atoms with Crippen molar-refractivity contribution < 1.29 is 0 Å². The molecule has 4 nitrogen and oxygen atoms in total. The lowest BCUT2D eigenvalue weighted by Crippen LogP contribution is -2.39. The van der Waals surface area contributed by atoms with Gasteiger partial charge in [0.15, 0.2) is 5.96 Å². The van der Waals surface area contributed by atoms with Crippen LogP contribution in [0.2, 0.25) is 0 Å². The first-order chi connectivity index (χ1) is 11.7. The number of aliphatic imine (C=N–C) groups is 1.